The third kappa shape index (κ3) is 44.2. The van der Waals surface area contributed by atoms with Crippen molar-refractivity contribution in [2.75, 3.05) is 22.9 Å². The van der Waals surface area contributed by atoms with Crippen molar-refractivity contribution >= 4 is 84.0 Å². The van der Waals surface area contributed by atoms with Gasteiger partial charge in [-0.25, -0.2) is 13.2 Å². The van der Waals surface area contributed by atoms with E-state index in [1.54, 1.807) is 48.7 Å². The topological polar surface area (TPSA) is 188 Å². The fraction of sp³-hybridized carbons (Fsp3) is 0.336. The van der Waals surface area contributed by atoms with Gasteiger partial charge in [0.25, 0.3) is 10.0 Å². The third-order valence-electron chi connectivity index (χ3n) is 24.3. The number of sulfonamides is 1. The normalized spacial score (nSPS) is 10.8. The minimum atomic E-state index is -3.69. The number of nitrogen functional groups attached to an aromatic ring is 1. The molecule has 15 aromatic rings. The number of carbonyl (C=O) groups is 4. The van der Waals surface area contributed by atoms with Gasteiger partial charge >= 0.3 is 5.97 Å². The number of halogens is 1. The quantitative estimate of drug-likeness (QED) is 0.0184. The van der Waals surface area contributed by atoms with Crippen LogP contribution in [0, 0.1) is 19.8 Å². The summed E-state index contributed by atoms with van der Waals surface area (Å²) in [7, 11) is -2.30. The molecule has 145 heavy (non-hydrogen) atoms. The number of esters is 1. The molecule has 768 valence electrons. The summed E-state index contributed by atoms with van der Waals surface area (Å²) in [4.78, 5) is 51.4. The minimum absolute atomic E-state index is 0.0842. The summed E-state index contributed by atoms with van der Waals surface area (Å²) < 4.78 is 38.3. The van der Waals surface area contributed by atoms with E-state index in [1.165, 1.54) is 98.5 Å². The number of benzene rings is 13. The third-order valence-corrected chi connectivity index (χ3v) is 26.0. The van der Waals surface area contributed by atoms with Gasteiger partial charge in [0.2, 0.25) is 5.91 Å². The van der Waals surface area contributed by atoms with E-state index in [4.69, 9.17) is 21.8 Å². The van der Waals surface area contributed by atoms with Gasteiger partial charge in [0, 0.05) is 75.0 Å². The molecule has 4 N–H and O–H groups in total. The van der Waals surface area contributed by atoms with E-state index < -0.39 is 10.0 Å². The van der Waals surface area contributed by atoms with E-state index in [2.05, 4.69) is 295 Å². The molecule has 2 aromatic heterocycles. The lowest BCUT2D eigenvalue weighted by atomic mass is 9.98. The number of methoxy groups -OCH3 is 1. The SMILES string of the molecule is CC(C)Cc1cc2ccccc2o1.CC(C)c1ccc(C(=O)Cc2ccccc2N)cc1.CC(C)c1ccc(C(=O)c2ccccc2)cc1.CC(C)c1ccc(Cl)cc1.CC(C)c1ccc(NS(=O)(=O)c2cccc3cccnc23)cc1.CCCCCC(=O)Nc1ccc(C(C)C)cc1.CCCCc1ccc(C(C)C)cc1.COC(=O)c1ccc(C(C)C)cc1.Cc1ccc(C(C)C)cc1.Cc1ccc(C(C)C)cc1. The van der Waals surface area contributed by atoms with Gasteiger partial charge in [-0.05, 0) is 232 Å². The second-order valence-corrected chi connectivity index (χ2v) is 42.1. The highest BCUT2D eigenvalue weighted by atomic mass is 35.5. The predicted molar refractivity (Wildman–Crippen MR) is 618 cm³/mol. The number of para-hydroxylation sites is 3. The average Bonchev–Trinajstić information content (AvgIpc) is 1.13. The summed E-state index contributed by atoms with van der Waals surface area (Å²) in [6.45, 7) is 52.0. The molecule has 0 aliphatic heterocycles. The van der Waals surface area contributed by atoms with Crippen LogP contribution in [0.3, 0.4) is 0 Å². The Hall–Kier alpha value is -13.1. The highest BCUT2D eigenvalue weighted by Crippen LogP contribution is 2.29. The Kier molecular flexibility index (Phi) is 53.2. The van der Waals surface area contributed by atoms with Crippen LogP contribution in [-0.4, -0.2) is 44.0 Å². The van der Waals surface area contributed by atoms with Crippen LogP contribution in [0.5, 0.6) is 0 Å². The van der Waals surface area contributed by atoms with Crippen molar-refractivity contribution in [1.82, 2.24) is 4.98 Å². The van der Waals surface area contributed by atoms with E-state index in [0.717, 1.165) is 75.4 Å². The molecule has 0 unspecified atom stereocenters. The van der Waals surface area contributed by atoms with Gasteiger partial charge in [-0.15, -0.1) is 0 Å². The molecule has 0 saturated carbocycles. The van der Waals surface area contributed by atoms with Crippen LogP contribution in [0.1, 0.15) is 359 Å². The molecule has 0 fully saturated rings. The smallest absolute Gasteiger partial charge is 0.337 e. The lowest BCUT2D eigenvalue weighted by Gasteiger charge is -2.11. The second kappa shape index (κ2) is 63.9. The number of carbonyl (C=O) groups excluding carboxylic acids is 4. The molecule has 0 aliphatic carbocycles. The first-order valence-electron chi connectivity index (χ1n) is 51.8. The predicted octanol–water partition coefficient (Wildman–Crippen LogP) is 36.4. The van der Waals surface area contributed by atoms with Gasteiger partial charge in [-0.1, -0.05) is 449 Å². The molecular weight excluding hydrogens is 1820 g/mol. The first-order valence-corrected chi connectivity index (χ1v) is 53.6. The fourth-order valence-corrected chi connectivity index (χ4v) is 16.2. The summed E-state index contributed by atoms with van der Waals surface area (Å²) >= 11 is 5.72. The molecule has 13 aromatic carbocycles. The Morgan fingerprint density at radius 3 is 1.21 bits per heavy atom. The average molecular weight is 1990 g/mol. The molecule has 0 spiro atoms. The van der Waals surface area contributed by atoms with E-state index in [-0.39, 0.29) is 28.3 Å². The Morgan fingerprint density at radius 1 is 0.393 bits per heavy atom. The number of aryl methyl sites for hydroxylation is 3. The maximum absolute atomic E-state index is 12.7. The number of hydrogen-bond acceptors (Lipinski definition) is 10. The second-order valence-electron chi connectivity index (χ2n) is 40.0. The van der Waals surface area contributed by atoms with E-state index in [0.29, 0.717) is 94.5 Å². The maximum Gasteiger partial charge on any atom is 0.337 e. The van der Waals surface area contributed by atoms with Crippen LogP contribution in [-0.2, 0) is 38.8 Å². The lowest BCUT2D eigenvalue weighted by molar-refractivity contribution is -0.116. The van der Waals surface area contributed by atoms with Crippen molar-refractivity contribution in [3.05, 3.63) is 445 Å². The number of fused-ring (bicyclic) bond motifs is 2. The summed E-state index contributed by atoms with van der Waals surface area (Å²) in [5.74, 6) is 6.74. The first-order chi connectivity index (χ1) is 69.1. The van der Waals surface area contributed by atoms with Crippen LogP contribution < -0.4 is 15.8 Å². The number of nitrogens with two attached hydrogens (primary N) is 1. The Balaban J connectivity index is 0.000000249. The first kappa shape index (κ1) is 121. The molecule has 0 saturated heterocycles. The zero-order valence-corrected chi connectivity index (χ0v) is 92.6. The number of ketones is 2. The number of nitrogens with zero attached hydrogens (tertiary/aromatic N) is 1. The Bertz CT molecular complexity index is 6210. The Morgan fingerprint density at radius 2 is 0.772 bits per heavy atom. The summed E-state index contributed by atoms with van der Waals surface area (Å²) in [5.41, 5.74) is 29.2. The molecule has 2 heterocycles. The maximum atomic E-state index is 12.7. The zero-order valence-electron chi connectivity index (χ0n) is 91.0. The number of hydrogen-bond donors (Lipinski definition) is 3. The Labute approximate surface area is 875 Å². The summed E-state index contributed by atoms with van der Waals surface area (Å²) in [6, 6.07) is 109. The van der Waals surface area contributed by atoms with E-state index >= 15 is 0 Å². The van der Waals surface area contributed by atoms with Crippen molar-refractivity contribution in [2.24, 2.45) is 5.92 Å². The standard InChI is InChI=1S/C18H18N2O2S.C17H19NO.C16H16O.C15H23NO.C13H20.C12H14O.C11H14O2.2C10H14.C9H11Cl/c1-13(2)14-8-10-16(11-9-14)20-23(21,22)17-7-3-5-15-6-4-12-19-18(15)17;1-12(2)13-7-9-14(10-8-13)17(19)11-15-5-3-4-6-16(15)18;1-12(2)13-8-10-15(11-9-13)16(17)14-6-4-3-5-7-14;1-4-5-6-7-15(17)16-14-10-8-13(9-11-14)12(2)3;1-4-5-6-12-7-9-13(10-8-12)11(2)3;1-9(2)7-11-8-10-5-3-4-6-12(10)13-11;1-8(2)9-4-6-10(7-5-9)11(12)13-3;2*1-8(2)10-6-4-9(3)5-7-10;1-7(2)8-3-5-9(10)6-4-8/h3-13,20H,1-2H3;3-10,12H,11,18H2,1-2H3;3-12H,1-2H3;8-12H,4-7H2,1-3H3,(H,16,17);7-11H,4-6H2,1-3H3;3-6,8-9H,7H2,1-2H3;4-8H,1-3H3;2*4-8H,1-3H3;3-7H,1-2H3. The van der Waals surface area contributed by atoms with Crippen LogP contribution in [0.25, 0.3) is 21.9 Å². The van der Waals surface area contributed by atoms with Crippen LogP contribution in [0.4, 0.5) is 17.1 Å². The van der Waals surface area contributed by atoms with Crippen molar-refractivity contribution < 1.29 is 36.7 Å². The molecule has 0 atom stereocenters. The number of aromatic nitrogens is 1. The van der Waals surface area contributed by atoms with Crippen LogP contribution >= 0.6 is 11.6 Å². The van der Waals surface area contributed by atoms with Gasteiger partial charge in [0.05, 0.1) is 18.2 Å². The van der Waals surface area contributed by atoms with Crippen LogP contribution in [0.2, 0.25) is 5.02 Å². The van der Waals surface area contributed by atoms with E-state index in [1.807, 2.05) is 182 Å². The molecule has 0 bridgehead atoms. The van der Waals surface area contributed by atoms with Gasteiger partial charge in [0.1, 0.15) is 16.2 Å². The summed E-state index contributed by atoms with van der Waals surface area (Å²) in [6.07, 6.45) is 10.7. The number of amides is 1. The molecule has 14 heteroatoms. The monoisotopic (exact) mass is 1990 g/mol. The highest BCUT2D eigenvalue weighted by Gasteiger charge is 2.20. The summed E-state index contributed by atoms with van der Waals surface area (Å²) in [5, 5.41) is 5.74. The molecule has 0 radical (unpaired) electrons. The number of rotatable bonds is 28. The number of anilines is 3. The highest BCUT2D eigenvalue weighted by molar-refractivity contribution is 7.93. The number of furan rings is 1. The number of pyridine rings is 1. The van der Waals surface area contributed by atoms with Gasteiger partial charge in [-0.2, -0.15) is 0 Å². The van der Waals surface area contributed by atoms with Crippen molar-refractivity contribution in [2.45, 2.75) is 282 Å². The van der Waals surface area contributed by atoms with Crippen molar-refractivity contribution in [1.29, 1.82) is 0 Å². The van der Waals surface area contributed by atoms with Crippen LogP contribution in [0.15, 0.2) is 349 Å². The molecular formula is C131H163ClN4O8S. The number of unbranched alkanes of at least 4 members (excludes halogenated alkanes) is 3. The van der Waals surface area contributed by atoms with E-state index in [9.17, 15) is 27.6 Å². The number of nitrogens with one attached hydrogen (secondary N) is 2. The zero-order chi connectivity index (χ0) is 107. The fourth-order valence-electron chi connectivity index (χ4n) is 14.8. The largest absolute Gasteiger partial charge is 0.465 e. The van der Waals surface area contributed by atoms with Gasteiger partial charge in [-0.3, -0.25) is 24.1 Å². The minimum Gasteiger partial charge on any atom is -0.465 e. The number of Topliss-reactive ketones (excluding diaryl/α,β-unsaturated/α-hetero) is 1. The van der Waals surface area contributed by atoms with Gasteiger partial charge < -0.3 is 20.2 Å². The van der Waals surface area contributed by atoms with Crippen molar-refractivity contribution in [3.8, 4) is 0 Å². The molecule has 15 rings (SSSR count). The van der Waals surface area contributed by atoms with Crippen molar-refractivity contribution in [3.63, 3.8) is 0 Å². The molecule has 0 aliphatic rings. The number of ether oxygens (including phenoxy) is 1. The van der Waals surface area contributed by atoms with Gasteiger partial charge in [0.15, 0.2) is 11.6 Å². The lowest BCUT2D eigenvalue weighted by Crippen LogP contribution is -2.13. The molecule has 12 nitrogen and oxygen atoms in total. The molecule has 1 amide bonds.